The molecule has 0 N–H and O–H groups in total. The Labute approximate surface area is 105 Å². The van der Waals surface area contributed by atoms with Gasteiger partial charge in [-0.05, 0) is 12.8 Å². The van der Waals surface area contributed by atoms with E-state index in [0.29, 0.717) is 18.4 Å². The van der Waals surface area contributed by atoms with Crippen molar-refractivity contribution < 1.29 is 17.9 Å². The van der Waals surface area contributed by atoms with Crippen molar-refractivity contribution in [3.63, 3.8) is 0 Å². The van der Waals surface area contributed by atoms with Gasteiger partial charge in [0.25, 0.3) is 0 Å². The van der Waals surface area contributed by atoms with E-state index in [9.17, 15) is 13.2 Å². The molecule has 1 rings (SSSR count). The third-order valence-corrected chi connectivity index (χ3v) is 2.64. The SMILES string of the molecule is CCCC/C(=C(\OC)c1ccccc1)C(F)(F)F. The zero-order chi connectivity index (χ0) is 13.6. The lowest BCUT2D eigenvalue weighted by Crippen LogP contribution is -2.15. The van der Waals surface area contributed by atoms with E-state index in [0.717, 1.165) is 0 Å². The van der Waals surface area contributed by atoms with Crippen LogP contribution in [0.1, 0.15) is 31.7 Å². The molecular formula is C14H17F3O. The molecule has 0 radical (unpaired) electrons. The zero-order valence-corrected chi connectivity index (χ0v) is 10.6. The minimum Gasteiger partial charge on any atom is -0.496 e. The summed E-state index contributed by atoms with van der Waals surface area (Å²) in [4.78, 5) is 0. The summed E-state index contributed by atoms with van der Waals surface area (Å²) in [6.07, 6.45) is -3.16. The van der Waals surface area contributed by atoms with Gasteiger partial charge in [0, 0.05) is 5.56 Å². The van der Waals surface area contributed by atoms with E-state index >= 15 is 0 Å². The van der Waals surface area contributed by atoms with Crippen LogP contribution in [0.2, 0.25) is 0 Å². The molecule has 0 fully saturated rings. The van der Waals surface area contributed by atoms with Crippen LogP contribution in [0, 0.1) is 0 Å². The third-order valence-electron chi connectivity index (χ3n) is 2.64. The van der Waals surface area contributed by atoms with E-state index in [2.05, 4.69) is 0 Å². The van der Waals surface area contributed by atoms with E-state index in [-0.39, 0.29) is 12.2 Å². The second kappa shape index (κ2) is 6.47. The van der Waals surface area contributed by atoms with Gasteiger partial charge >= 0.3 is 6.18 Å². The van der Waals surface area contributed by atoms with Gasteiger partial charge < -0.3 is 4.74 Å². The molecule has 1 aromatic rings. The number of allylic oxidation sites excluding steroid dienone is 1. The van der Waals surface area contributed by atoms with Crippen molar-refractivity contribution in [3.8, 4) is 0 Å². The fourth-order valence-corrected chi connectivity index (χ4v) is 1.74. The molecule has 18 heavy (non-hydrogen) atoms. The molecule has 0 bridgehead atoms. The summed E-state index contributed by atoms with van der Waals surface area (Å²) in [5, 5.41) is 0. The minimum atomic E-state index is -4.35. The van der Waals surface area contributed by atoms with Crippen LogP contribution in [0.5, 0.6) is 0 Å². The Morgan fingerprint density at radius 1 is 1.17 bits per heavy atom. The number of rotatable bonds is 5. The largest absolute Gasteiger partial charge is 0.496 e. The molecule has 100 valence electrons. The third kappa shape index (κ3) is 3.79. The molecule has 0 aliphatic rings. The normalized spacial score (nSPS) is 13.2. The Balaban J connectivity index is 3.21. The molecule has 0 aliphatic heterocycles. The highest BCUT2D eigenvalue weighted by molar-refractivity contribution is 5.64. The highest BCUT2D eigenvalue weighted by Gasteiger charge is 2.36. The number of hydrogen-bond acceptors (Lipinski definition) is 1. The first-order valence-electron chi connectivity index (χ1n) is 5.90. The first-order valence-corrected chi connectivity index (χ1v) is 5.90. The monoisotopic (exact) mass is 258 g/mol. The molecule has 0 unspecified atom stereocenters. The van der Waals surface area contributed by atoms with Gasteiger partial charge in [-0.2, -0.15) is 13.2 Å². The minimum absolute atomic E-state index is 0.0158. The maximum atomic E-state index is 13.0. The first kappa shape index (κ1) is 14.6. The Morgan fingerprint density at radius 2 is 1.78 bits per heavy atom. The predicted octanol–water partition coefficient (Wildman–Crippen LogP) is 4.80. The van der Waals surface area contributed by atoms with Crippen molar-refractivity contribution in [2.75, 3.05) is 7.11 Å². The summed E-state index contributed by atoms with van der Waals surface area (Å²) >= 11 is 0. The van der Waals surface area contributed by atoms with Gasteiger partial charge in [0.2, 0.25) is 0 Å². The maximum absolute atomic E-state index is 13.0. The molecule has 0 spiro atoms. The number of ether oxygens (including phenoxy) is 1. The molecule has 0 amide bonds. The summed E-state index contributed by atoms with van der Waals surface area (Å²) in [6, 6.07) is 8.40. The Bertz CT molecular complexity index is 393. The van der Waals surface area contributed by atoms with Gasteiger partial charge in [0.05, 0.1) is 12.7 Å². The molecule has 0 atom stereocenters. The van der Waals surface area contributed by atoms with Crippen molar-refractivity contribution in [1.82, 2.24) is 0 Å². The lowest BCUT2D eigenvalue weighted by atomic mass is 10.0. The number of methoxy groups -OCH3 is 1. The van der Waals surface area contributed by atoms with Crippen molar-refractivity contribution in [1.29, 1.82) is 0 Å². The average Bonchev–Trinajstić information content (AvgIpc) is 2.34. The second-order valence-corrected chi connectivity index (χ2v) is 3.98. The Kier molecular flexibility index (Phi) is 5.25. The fraction of sp³-hybridized carbons (Fsp3) is 0.429. The van der Waals surface area contributed by atoms with E-state index in [4.69, 9.17) is 4.74 Å². The van der Waals surface area contributed by atoms with Crippen LogP contribution in [-0.2, 0) is 4.74 Å². The first-order chi connectivity index (χ1) is 8.50. The molecule has 0 aromatic heterocycles. The van der Waals surface area contributed by atoms with Crippen molar-refractivity contribution in [2.45, 2.75) is 32.4 Å². The Morgan fingerprint density at radius 3 is 2.22 bits per heavy atom. The quantitative estimate of drug-likeness (QED) is 0.689. The highest BCUT2D eigenvalue weighted by atomic mass is 19.4. The molecule has 4 heteroatoms. The topological polar surface area (TPSA) is 9.23 Å². The van der Waals surface area contributed by atoms with E-state index < -0.39 is 11.7 Å². The van der Waals surface area contributed by atoms with E-state index in [1.54, 1.807) is 30.3 Å². The van der Waals surface area contributed by atoms with Crippen molar-refractivity contribution in [3.05, 3.63) is 41.5 Å². The lowest BCUT2D eigenvalue weighted by Gasteiger charge is -2.17. The predicted molar refractivity (Wildman–Crippen MR) is 66.0 cm³/mol. The molecular weight excluding hydrogens is 241 g/mol. The number of hydrogen-bond donors (Lipinski definition) is 0. The van der Waals surface area contributed by atoms with Gasteiger partial charge in [0.1, 0.15) is 5.76 Å². The zero-order valence-electron chi connectivity index (χ0n) is 10.6. The van der Waals surface area contributed by atoms with Crippen LogP contribution in [0.4, 0.5) is 13.2 Å². The van der Waals surface area contributed by atoms with Gasteiger partial charge in [-0.3, -0.25) is 0 Å². The maximum Gasteiger partial charge on any atom is 0.416 e. The number of unbranched alkanes of at least 4 members (excludes halogenated alkanes) is 1. The lowest BCUT2D eigenvalue weighted by molar-refractivity contribution is -0.0948. The average molecular weight is 258 g/mol. The summed E-state index contributed by atoms with van der Waals surface area (Å²) in [5.74, 6) is -0.0726. The standard InChI is InChI=1S/C14H17F3O/c1-3-4-10-12(14(15,16)17)13(18-2)11-8-6-5-7-9-11/h5-9H,3-4,10H2,1-2H3/b13-12+. The van der Waals surface area contributed by atoms with Gasteiger partial charge in [-0.1, -0.05) is 43.7 Å². The second-order valence-electron chi connectivity index (χ2n) is 3.98. The molecule has 1 aromatic carbocycles. The van der Waals surface area contributed by atoms with Crippen molar-refractivity contribution in [2.24, 2.45) is 0 Å². The van der Waals surface area contributed by atoms with Crippen LogP contribution >= 0.6 is 0 Å². The summed E-state index contributed by atoms with van der Waals surface area (Å²) in [6.45, 7) is 1.86. The van der Waals surface area contributed by atoms with Crippen LogP contribution in [0.3, 0.4) is 0 Å². The van der Waals surface area contributed by atoms with Gasteiger partial charge in [0.15, 0.2) is 0 Å². The Hall–Kier alpha value is -1.45. The van der Waals surface area contributed by atoms with Crippen molar-refractivity contribution >= 4 is 5.76 Å². The highest BCUT2D eigenvalue weighted by Crippen LogP contribution is 2.36. The molecule has 0 aliphatic carbocycles. The van der Waals surface area contributed by atoms with Crippen LogP contribution in [-0.4, -0.2) is 13.3 Å². The van der Waals surface area contributed by atoms with Crippen LogP contribution in [0.25, 0.3) is 5.76 Å². The summed E-state index contributed by atoms with van der Waals surface area (Å²) in [7, 11) is 1.28. The van der Waals surface area contributed by atoms with Gasteiger partial charge in [-0.25, -0.2) is 0 Å². The number of halogens is 3. The van der Waals surface area contributed by atoms with Crippen LogP contribution in [0.15, 0.2) is 35.9 Å². The molecule has 0 saturated carbocycles. The van der Waals surface area contributed by atoms with Gasteiger partial charge in [-0.15, -0.1) is 0 Å². The van der Waals surface area contributed by atoms with E-state index in [1.807, 2.05) is 6.92 Å². The fourth-order valence-electron chi connectivity index (χ4n) is 1.74. The summed E-state index contributed by atoms with van der Waals surface area (Å²) in [5.41, 5.74) is -0.124. The molecule has 1 nitrogen and oxygen atoms in total. The molecule has 0 saturated heterocycles. The summed E-state index contributed by atoms with van der Waals surface area (Å²) < 4.78 is 44.1. The molecule has 0 heterocycles. The van der Waals surface area contributed by atoms with E-state index in [1.165, 1.54) is 7.11 Å². The van der Waals surface area contributed by atoms with Crippen LogP contribution < -0.4 is 0 Å². The number of alkyl halides is 3. The number of benzene rings is 1. The smallest absolute Gasteiger partial charge is 0.416 e.